The van der Waals surface area contributed by atoms with E-state index in [2.05, 4.69) is 27.6 Å². The van der Waals surface area contributed by atoms with E-state index in [0.717, 1.165) is 48.0 Å². The Morgan fingerprint density at radius 3 is 2.72 bits per heavy atom. The van der Waals surface area contributed by atoms with Crippen molar-refractivity contribution < 1.29 is 4.79 Å². The quantitative estimate of drug-likeness (QED) is 0.559. The number of fused-ring (bicyclic) bond motifs is 5. The molecule has 8 nitrogen and oxygen atoms in total. The number of imidazole rings is 1. The van der Waals surface area contributed by atoms with Crippen molar-refractivity contribution in [1.29, 1.82) is 0 Å². The molecule has 4 heterocycles. The molecule has 3 aromatic heterocycles. The predicted octanol–water partition coefficient (Wildman–Crippen LogP) is 2.30. The van der Waals surface area contributed by atoms with Crippen LogP contribution in [0.15, 0.2) is 36.5 Å². The lowest BCUT2D eigenvalue weighted by Crippen LogP contribution is -2.37. The Kier molecular flexibility index (Phi) is 4.28. The molecule has 0 unspecified atom stereocenters. The predicted molar refractivity (Wildman–Crippen MR) is 113 cm³/mol. The summed E-state index contributed by atoms with van der Waals surface area (Å²) < 4.78 is 1.96. The van der Waals surface area contributed by atoms with E-state index >= 15 is 0 Å². The number of piperidine rings is 1. The summed E-state index contributed by atoms with van der Waals surface area (Å²) in [4.78, 5) is 28.9. The highest BCUT2D eigenvalue weighted by atomic mass is 16.1. The molecule has 1 saturated heterocycles. The molecule has 1 aliphatic heterocycles. The number of aromatic nitrogens is 4. The van der Waals surface area contributed by atoms with E-state index < -0.39 is 0 Å². The van der Waals surface area contributed by atoms with Crippen molar-refractivity contribution in [2.45, 2.75) is 18.9 Å². The SMILES string of the molecule is CNC(=O)c1cc2cnc(NC3CCN(C)CC3)nc2n2c1nc1ccccc12. The molecule has 0 spiro atoms. The van der Waals surface area contributed by atoms with Gasteiger partial charge in [0.2, 0.25) is 5.95 Å². The Labute approximate surface area is 168 Å². The lowest BCUT2D eigenvalue weighted by molar-refractivity contribution is 0.0964. The van der Waals surface area contributed by atoms with Crippen LogP contribution in [0.4, 0.5) is 5.95 Å². The van der Waals surface area contributed by atoms with Crippen molar-refractivity contribution in [1.82, 2.24) is 29.6 Å². The average Bonchev–Trinajstić information content (AvgIpc) is 3.14. The molecule has 0 radical (unpaired) electrons. The summed E-state index contributed by atoms with van der Waals surface area (Å²) in [7, 11) is 3.77. The van der Waals surface area contributed by atoms with Crippen molar-refractivity contribution in [2.75, 3.05) is 32.5 Å². The monoisotopic (exact) mass is 389 g/mol. The van der Waals surface area contributed by atoms with Gasteiger partial charge in [0.1, 0.15) is 0 Å². The number of benzene rings is 1. The van der Waals surface area contributed by atoms with E-state index in [1.165, 1.54) is 0 Å². The zero-order valence-corrected chi connectivity index (χ0v) is 16.5. The van der Waals surface area contributed by atoms with Crippen molar-refractivity contribution >= 4 is 39.6 Å². The van der Waals surface area contributed by atoms with Gasteiger partial charge in [-0.2, -0.15) is 4.98 Å². The molecular weight excluding hydrogens is 366 g/mol. The standard InChI is InChI=1S/C21H23N7O/c1-22-20(29)15-11-13-12-23-21(24-14-7-9-27(2)10-8-14)26-18(13)28-17-6-4-3-5-16(17)25-19(15)28/h3-6,11-12,14H,7-10H2,1-2H3,(H,22,29)(H,23,24,26). The summed E-state index contributed by atoms with van der Waals surface area (Å²) in [6, 6.07) is 10.0. The normalized spacial score (nSPS) is 15.9. The second-order valence-electron chi connectivity index (χ2n) is 7.59. The lowest BCUT2D eigenvalue weighted by Gasteiger charge is -2.29. The van der Waals surface area contributed by atoms with Gasteiger partial charge in [0.15, 0.2) is 11.3 Å². The number of pyridine rings is 1. The van der Waals surface area contributed by atoms with E-state index in [9.17, 15) is 4.79 Å². The topological polar surface area (TPSA) is 87.5 Å². The second-order valence-corrected chi connectivity index (χ2v) is 7.59. The van der Waals surface area contributed by atoms with Gasteiger partial charge in [-0.25, -0.2) is 9.97 Å². The van der Waals surface area contributed by atoms with E-state index in [0.29, 0.717) is 23.2 Å². The zero-order valence-electron chi connectivity index (χ0n) is 16.5. The van der Waals surface area contributed by atoms with Gasteiger partial charge in [-0.1, -0.05) is 12.1 Å². The molecule has 1 aliphatic rings. The van der Waals surface area contributed by atoms with Crippen LogP contribution in [-0.2, 0) is 0 Å². The second kappa shape index (κ2) is 6.97. The number of nitrogens with one attached hydrogen (secondary N) is 2. The van der Waals surface area contributed by atoms with Gasteiger partial charge >= 0.3 is 0 Å². The van der Waals surface area contributed by atoms with Crippen LogP contribution in [0.5, 0.6) is 0 Å². The molecule has 0 saturated carbocycles. The molecule has 29 heavy (non-hydrogen) atoms. The highest BCUT2D eigenvalue weighted by molar-refractivity contribution is 6.05. The van der Waals surface area contributed by atoms with Gasteiger partial charge < -0.3 is 15.5 Å². The summed E-state index contributed by atoms with van der Waals surface area (Å²) in [6.45, 7) is 2.13. The van der Waals surface area contributed by atoms with Gasteiger partial charge in [0.05, 0.1) is 16.6 Å². The van der Waals surface area contributed by atoms with Crippen LogP contribution in [0, 0.1) is 0 Å². The number of anilines is 1. The molecule has 4 aromatic rings. The van der Waals surface area contributed by atoms with Crippen LogP contribution in [0.2, 0.25) is 0 Å². The number of hydrogen-bond acceptors (Lipinski definition) is 6. The molecule has 0 bridgehead atoms. The Hall–Kier alpha value is -3.26. The number of carbonyl (C=O) groups excluding carboxylic acids is 1. The van der Waals surface area contributed by atoms with Crippen LogP contribution in [0.25, 0.3) is 27.7 Å². The third-order valence-corrected chi connectivity index (χ3v) is 5.63. The number of rotatable bonds is 3. The molecule has 2 N–H and O–H groups in total. The first-order valence-electron chi connectivity index (χ1n) is 9.88. The van der Waals surface area contributed by atoms with Gasteiger partial charge in [-0.05, 0) is 51.2 Å². The first-order chi connectivity index (χ1) is 14.1. The van der Waals surface area contributed by atoms with Crippen LogP contribution >= 0.6 is 0 Å². The minimum absolute atomic E-state index is 0.180. The first kappa shape index (κ1) is 17.8. The maximum atomic E-state index is 12.5. The summed E-state index contributed by atoms with van der Waals surface area (Å²) in [5, 5.41) is 6.99. The minimum Gasteiger partial charge on any atom is -0.355 e. The molecule has 0 atom stereocenters. The number of para-hydroxylation sites is 2. The van der Waals surface area contributed by atoms with E-state index in [4.69, 9.17) is 9.97 Å². The van der Waals surface area contributed by atoms with Crippen LogP contribution in [0.3, 0.4) is 0 Å². The van der Waals surface area contributed by atoms with Gasteiger partial charge in [-0.15, -0.1) is 0 Å². The molecule has 8 heteroatoms. The maximum Gasteiger partial charge on any atom is 0.254 e. The maximum absolute atomic E-state index is 12.5. The summed E-state index contributed by atoms with van der Waals surface area (Å²) >= 11 is 0. The number of amides is 1. The Morgan fingerprint density at radius 1 is 1.14 bits per heavy atom. The number of carbonyl (C=O) groups is 1. The van der Waals surface area contributed by atoms with Crippen molar-refractivity contribution in [2.24, 2.45) is 0 Å². The Morgan fingerprint density at radius 2 is 1.93 bits per heavy atom. The molecule has 1 amide bonds. The van der Waals surface area contributed by atoms with E-state index in [1.54, 1.807) is 13.2 Å². The molecule has 0 aliphatic carbocycles. The van der Waals surface area contributed by atoms with Crippen molar-refractivity contribution in [3.63, 3.8) is 0 Å². The average molecular weight is 389 g/mol. The van der Waals surface area contributed by atoms with Gasteiger partial charge in [0, 0.05) is 24.7 Å². The smallest absolute Gasteiger partial charge is 0.254 e. The summed E-state index contributed by atoms with van der Waals surface area (Å²) in [5.41, 5.74) is 3.60. The third kappa shape index (κ3) is 3.05. The fraction of sp³-hybridized carbons (Fsp3) is 0.333. The highest BCUT2D eigenvalue weighted by Gasteiger charge is 2.20. The number of likely N-dealkylation sites (tertiary alicyclic amines) is 1. The number of nitrogens with zero attached hydrogens (tertiary/aromatic N) is 5. The fourth-order valence-electron chi connectivity index (χ4n) is 4.01. The van der Waals surface area contributed by atoms with Crippen molar-refractivity contribution in [3.05, 3.63) is 42.1 Å². The van der Waals surface area contributed by atoms with Crippen LogP contribution < -0.4 is 10.6 Å². The summed E-state index contributed by atoms with van der Waals surface area (Å²) in [6.07, 6.45) is 3.91. The third-order valence-electron chi connectivity index (χ3n) is 5.63. The summed E-state index contributed by atoms with van der Waals surface area (Å²) in [5.74, 6) is 0.430. The first-order valence-corrected chi connectivity index (χ1v) is 9.88. The molecule has 1 fully saturated rings. The van der Waals surface area contributed by atoms with E-state index in [1.807, 2.05) is 34.7 Å². The van der Waals surface area contributed by atoms with Gasteiger partial charge in [-0.3, -0.25) is 9.20 Å². The Balaban J connectivity index is 1.68. The molecule has 148 valence electrons. The molecular formula is C21H23N7O. The molecule has 5 rings (SSSR count). The fourth-order valence-corrected chi connectivity index (χ4v) is 4.01. The van der Waals surface area contributed by atoms with E-state index in [-0.39, 0.29) is 5.91 Å². The highest BCUT2D eigenvalue weighted by Crippen LogP contribution is 2.26. The molecule has 1 aromatic carbocycles. The largest absolute Gasteiger partial charge is 0.355 e. The lowest BCUT2D eigenvalue weighted by atomic mass is 10.1. The van der Waals surface area contributed by atoms with Crippen LogP contribution in [-0.4, -0.2) is 63.4 Å². The zero-order chi connectivity index (χ0) is 20.0. The van der Waals surface area contributed by atoms with Crippen molar-refractivity contribution in [3.8, 4) is 0 Å². The van der Waals surface area contributed by atoms with Gasteiger partial charge in [0.25, 0.3) is 5.91 Å². The van der Waals surface area contributed by atoms with Crippen LogP contribution in [0.1, 0.15) is 23.2 Å². The number of hydrogen-bond donors (Lipinski definition) is 2. The minimum atomic E-state index is -0.180. The Bertz CT molecular complexity index is 1220.